The van der Waals surface area contributed by atoms with Gasteiger partial charge in [-0.2, -0.15) is 39.5 Å². The molecule has 14 aromatic rings. The van der Waals surface area contributed by atoms with E-state index < -0.39 is 75.8 Å². The topological polar surface area (TPSA) is 339 Å². The van der Waals surface area contributed by atoms with Crippen LogP contribution in [-0.2, 0) is 59.1 Å². The molecular formula is C101H82BBr2Cl3F9N10O13+. The molecule has 0 atom stereocenters. The molecule has 139 heavy (non-hydrogen) atoms. The summed E-state index contributed by atoms with van der Waals surface area (Å²) in [6.45, 7) is 8.84. The second-order valence-electron chi connectivity index (χ2n) is 29.7. The van der Waals surface area contributed by atoms with Crippen LogP contribution in [0.2, 0.25) is 5.02 Å². The van der Waals surface area contributed by atoms with Gasteiger partial charge in [0.15, 0.2) is 34.4 Å². The van der Waals surface area contributed by atoms with E-state index in [4.69, 9.17) is 50.6 Å². The van der Waals surface area contributed by atoms with Gasteiger partial charge in [0.2, 0.25) is 22.0 Å². The second-order valence-corrected chi connectivity index (χ2v) is 32.6. The minimum atomic E-state index is -4.42. The van der Waals surface area contributed by atoms with Gasteiger partial charge in [-0.3, -0.25) is 63.1 Å². The van der Waals surface area contributed by atoms with Crippen LogP contribution < -0.4 is 27.5 Å². The Hall–Kier alpha value is -14.3. The molecule has 0 radical (unpaired) electrons. The number of carbonyl (C=O) groups is 7. The average Bonchev–Trinajstić information content (AvgIpc) is 0.779. The standard InChI is InChI=1S/C24H17F3N2O2.C23H15F3N2O3.C17H13BrN2O2.C11H9ClNO2.C7H6BF3O2.C7H8BrN.C6H3Cl2NO.C6H11NO/c1-15(30)20-14-29(21-7-4-12-28-22(21)23(20)31)13-17-5-2-3-6-19(17)16-8-10-18(11-9-16)24(25,26)27;24-23(25,26)16-9-7-14(8-10-16)17-5-2-1-4-15(17)12-28-13-18(22(30)31)21(29)20-19(28)6-3-11-27-20;1-11(21)13-10-20(9-12-5-2-3-6-14(12)18)15-7-4-8-19-16(15)17(13)22;1-3-8(7(2)14)11(15)10-9(12)5-4-6-13-10;9-7(10,11)5-1-3-6(4-2-5)8(12)13;8-7-4-2-1-3-6(7)5-9;7-4-2-1-3-9-5(4)6(8)10;1-6(8)4-5-7(2)3/h2-12,14H,13H2,1H3;1-11,13H,12H2,(H,30,31);2-8,10H,9H2,1H3;3-5H,1-2H3;1-4,12-13H;1-4H,5,9H2;1-3H;4-5H,1-3H3/q;;;+1;;;;/b;;;8-3+;;;;5-4+. The first kappa shape index (κ1) is 110. The lowest BCUT2D eigenvalue weighted by Crippen LogP contribution is -2.29. The fraction of sp³-hybridized carbons (Fsp3) is 0.139. The Morgan fingerprint density at radius 3 is 1.19 bits per heavy atom. The fourth-order valence-electron chi connectivity index (χ4n) is 12.8. The van der Waals surface area contributed by atoms with Crippen LogP contribution in [0, 0.1) is 0 Å². The van der Waals surface area contributed by atoms with E-state index >= 15 is 0 Å². The van der Waals surface area contributed by atoms with Crippen molar-refractivity contribution in [1.82, 2.24) is 38.5 Å². The molecule has 8 heterocycles. The number of aromatic nitrogens is 7. The molecular weight excluding hydrogens is 2010 g/mol. The summed E-state index contributed by atoms with van der Waals surface area (Å²) in [4.78, 5) is 138. The predicted octanol–water partition coefficient (Wildman–Crippen LogP) is 20.7. The van der Waals surface area contributed by atoms with Crippen LogP contribution in [0.25, 0.3) is 55.4 Å². The molecule has 1 aliphatic heterocycles. The van der Waals surface area contributed by atoms with Crippen molar-refractivity contribution in [3.8, 4) is 22.3 Å². The molecule has 7 aromatic carbocycles. The SMILES string of the molecule is C/C=C(\C(C)=O)C(=O)C1=C(Cl)C=C[C+]=N1.CC(=O)/C=C/N(C)C.CC(=O)c1cn(Cc2ccccc2-c2ccc(C(F)(F)F)cc2)c2cccnc2c1=O.CC(=O)c1cn(Cc2ccccc2Br)c2cccnc2c1=O.NCc1ccccc1Br.O=C(Cl)c1ncccc1Cl.O=C(O)c1cn(Cc2ccccc2-c2ccc(C(F)(F)F)cc2)c2cccnc2c1=O.OB(O)c1ccc(C(F)(F)F)cc1. The third-order valence-electron chi connectivity index (χ3n) is 19.7. The third kappa shape index (κ3) is 31.4. The number of aliphatic imine (C=N–C) groups is 1. The number of carboxylic acids is 1. The number of alkyl halides is 9. The largest absolute Gasteiger partial charge is 0.488 e. The number of ketones is 5. The summed E-state index contributed by atoms with van der Waals surface area (Å²) in [5.41, 5.74) is 10.6. The van der Waals surface area contributed by atoms with Crippen molar-refractivity contribution in [1.29, 1.82) is 0 Å². The van der Waals surface area contributed by atoms with Gasteiger partial charge in [-0.1, -0.05) is 188 Å². The normalized spacial score (nSPS) is 11.5. The summed E-state index contributed by atoms with van der Waals surface area (Å²) in [6, 6.07) is 57.3. The number of Topliss-reactive ketones (excluding diaryl/α,β-unsaturated/α-hetero) is 4. The number of hydrogen-bond acceptors (Lipinski definition) is 19. The summed E-state index contributed by atoms with van der Waals surface area (Å²) < 4.78 is 121. The maximum atomic E-state index is 12.9. The molecule has 0 saturated carbocycles. The molecule has 0 amide bonds. The maximum Gasteiger partial charge on any atom is 0.488 e. The van der Waals surface area contributed by atoms with Crippen molar-refractivity contribution in [3.05, 3.63) is 415 Å². The Labute approximate surface area is 820 Å². The Balaban J connectivity index is 0.000000204. The van der Waals surface area contributed by atoms with E-state index in [0.29, 0.717) is 58.4 Å². The lowest BCUT2D eigenvalue weighted by molar-refractivity contribution is -0.138. The Bertz CT molecular complexity index is 6990. The smallest absolute Gasteiger partial charge is 0.477 e. The van der Waals surface area contributed by atoms with Crippen LogP contribution in [0.15, 0.2) is 337 Å². The molecule has 5 N–H and O–H groups in total. The van der Waals surface area contributed by atoms with Crippen LogP contribution in [0.5, 0.6) is 0 Å². The molecule has 0 aliphatic carbocycles. The van der Waals surface area contributed by atoms with Crippen molar-refractivity contribution in [2.24, 2.45) is 10.7 Å². The number of carbonyl (C=O) groups excluding carboxylic acids is 6. The number of halogens is 14. The third-order valence-corrected chi connectivity index (χ3v) is 22.0. The van der Waals surface area contributed by atoms with Crippen molar-refractivity contribution < 1.29 is 88.2 Å². The van der Waals surface area contributed by atoms with Crippen molar-refractivity contribution >= 4 is 159 Å². The molecule has 38 heteroatoms. The summed E-state index contributed by atoms with van der Waals surface area (Å²) in [5.74, 6) is -2.65. The second kappa shape index (κ2) is 51.2. The number of hydrogen-bond donors (Lipinski definition) is 4. The fourth-order valence-corrected chi connectivity index (χ4v) is 14.3. The number of carboxylic acid groups (broad SMARTS) is 1. The molecule has 7 aromatic heterocycles. The van der Waals surface area contributed by atoms with E-state index in [1.165, 1.54) is 107 Å². The summed E-state index contributed by atoms with van der Waals surface area (Å²) in [7, 11) is 2.01. The molecule has 0 fully saturated rings. The molecule has 23 nitrogen and oxygen atoms in total. The first-order chi connectivity index (χ1) is 65.7. The van der Waals surface area contributed by atoms with E-state index in [0.717, 1.165) is 85.3 Å². The van der Waals surface area contributed by atoms with Gasteiger partial charge in [0, 0.05) is 98.8 Å². The van der Waals surface area contributed by atoms with E-state index in [1.807, 2.05) is 102 Å². The van der Waals surface area contributed by atoms with Gasteiger partial charge in [0.1, 0.15) is 33.9 Å². The Morgan fingerprint density at radius 1 is 0.496 bits per heavy atom. The molecule has 0 spiro atoms. The number of rotatable bonds is 19. The lowest BCUT2D eigenvalue weighted by atomic mass is 9.80. The quantitative estimate of drug-likeness (QED) is 0.00854. The number of aromatic carboxylic acids is 1. The van der Waals surface area contributed by atoms with Gasteiger partial charge < -0.3 is 39.5 Å². The van der Waals surface area contributed by atoms with Gasteiger partial charge in [0.25, 0.3) is 11.0 Å². The number of benzene rings is 7. The monoisotopic (exact) mass is 2090 g/mol. The molecule has 0 bridgehead atoms. The van der Waals surface area contributed by atoms with E-state index in [9.17, 15) is 92.6 Å². The number of allylic oxidation sites excluding steroid dienone is 6. The van der Waals surface area contributed by atoms with E-state index in [2.05, 4.69) is 63.0 Å². The Kier molecular flexibility index (Phi) is 40.6. The molecule has 714 valence electrons. The van der Waals surface area contributed by atoms with Crippen LogP contribution >= 0.6 is 66.7 Å². The zero-order valence-electron chi connectivity index (χ0n) is 74.4. The predicted molar refractivity (Wildman–Crippen MR) is 525 cm³/mol. The van der Waals surface area contributed by atoms with Gasteiger partial charge in [-0.15, -0.1) is 0 Å². The zero-order valence-corrected chi connectivity index (χ0v) is 79.9. The first-order valence-electron chi connectivity index (χ1n) is 41.1. The van der Waals surface area contributed by atoms with Gasteiger partial charge in [-0.25, -0.2) is 4.79 Å². The number of fused-ring (bicyclic) bond motifs is 3. The molecule has 1 aliphatic rings. The Morgan fingerprint density at radius 2 is 0.863 bits per heavy atom. The maximum absolute atomic E-state index is 12.9. The first-order valence-corrected chi connectivity index (χ1v) is 43.8. The van der Waals surface area contributed by atoms with Gasteiger partial charge in [-0.05, 0) is 199 Å². The molecule has 15 rings (SSSR count). The van der Waals surface area contributed by atoms with E-state index in [1.54, 1.807) is 101 Å². The highest BCUT2D eigenvalue weighted by Crippen LogP contribution is 2.36. The highest BCUT2D eigenvalue weighted by molar-refractivity contribution is 9.10. The zero-order chi connectivity index (χ0) is 102. The van der Waals surface area contributed by atoms with Crippen molar-refractivity contribution in [3.63, 3.8) is 0 Å². The van der Waals surface area contributed by atoms with Crippen LogP contribution in [0.1, 0.15) is 115 Å². The minimum Gasteiger partial charge on any atom is -0.477 e. The molecule has 0 saturated heterocycles. The van der Waals surface area contributed by atoms with Crippen LogP contribution in [0.4, 0.5) is 39.5 Å². The summed E-state index contributed by atoms with van der Waals surface area (Å²) in [5, 5.41) is 26.5. The van der Waals surface area contributed by atoms with Crippen LogP contribution in [0.3, 0.4) is 0 Å². The highest BCUT2D eigenvalue weighted by atomic mass is 79.9. The van der Waals surface area contributed by atoms with E-state index in [-0.39, 0.29) is 89.7 Å². The number of nitrogens with zero attached hydrogens (tertiary/aromatic N) is 9. The average molecular weight is 2090 g/mol. The van der Waals surface area contributed by atoms with Crippen molar-refractivity contribution in [2.45, 2.75) is 79.3 Å². The minimum absolute atomic E-state index is 0.0352. The number of nitrogens with two attached hydrogens (primary N) is 1. The summed E-state index contributed by atoms with van der Waals surface area (Å²) in [6.07, 6.45) is 7.34. The number of pyridine rings is 7. The highest BCUT2D eigenvalue weighted by Gasteiger charge is 2.34. The van der Waals surface area contributed by atoms with Gasteiger partial charge >= 0.3 is 31.6 Å². The van der Waals surface area contributed by atoms with Crippen LogP contribution in [-0.4, -0.2) is 121 Å². The summed E-state index contributed by atoms with van der Waals surface area (Å²) >= 11 is 23.4. The molecule has 0 unspecified atom stereocenters. The van der Waals surface area contributed by atoms with Crippen molar-refractivity contribution in [2.75, 3.05) is 14.1 Å². The lowest BCUT2D eigenvalue weighted by Gasteiger charge is -2.16. The van der Waals surface area contributed by atoms with Gasteiger partial charge in [0.05, 0.1) is 61.0 Å².